The van der Waals surface area contributed by atoms with Crippen molar-refractivity contribution in [1.29, 1.82) is 0 Å². The van der Waals surface area contributed by atoms with Gasteiger partial charge < -0.3 is 19.5 Å². The first-order valence-corrected chi connectivity index (χ1v) is 10.9. The smallest absolute Gasteiger partial charge is 0.255 e. The Bertz CT molecular complexity index is 1340. The molecule has 4 aromatic rings. The first-order valence-electron chi connectivity index (χ1n) is 10.9. The average Bonchev–Trinajstić information content (AvgIpc) is 3.32. The number of carbonyl (C=O) groups is 2. The molecule has 5 rings (SSSR count). The molecule has 1 aliphatic heterocycles. The molecule has 0 aliphatic carbocycles. The van der Waals surface area contributed by atoms with Gasteiger partial charge in [-0.3, -0.25) is 9.59 Å². The fourth-order valence-corrected chi connectivity index (χ4v) is 4.61. The lowest BCUT2D eigenvalue weighted by Gasteiger charge is -2.25. The van der Waals surface area contributed by atoms with E-state index in [2.05, 4.69) is 28.2 Å². The van der Waals surface area contributed by atoms with Crippen LogP contribution in [0.4, 0.5) is 0 Å². The van der Waals surface area contributed by atoms with E-state index in [0.29, 0.717) is 12.1 Å². The molecule has 0 saturated heterocycles. The average molecular weight is 440 g/mol. The number of rotatable bonds is 6. The topological polar surface area (TPSA) is 63.6 Å². The Morgan fingerprint density at radius 1 is 0.970 bits per heavy atom. The van der Waals surface area contributed by atoms with Crippen LogP contribution in [0.15, 0.2) is 79.0 Å². The lowest BCUT2D eigenvalue weighted by Crippen LogP contribution is -2.39. The quantitative estimate of drug-likeness (QED) is 0.493. The molecule has 6 heteroatoms. The lowest BCUT2D eigenvalue weighted by molar-refractivity contribution is -0.122. The maximum absolute atomic E-state index is 13.3. The van der Waals surface area contributed by atoms with Crippen LogP contribution in [0.2, 0.25) is 0 Å². The summed E-state index contributed by atoms with van der Waals surface area (Å²) in [4.78, 5) is 27.9. The Hall–Kier alpha value is -4.06. The second-order valence-electron chi connectivity index (χ2n) is 8.26. The van der Waals surface area contributed by atoms with E-state index in [1.165, 1.54) is 0 Å². The molecule has 2 amide bonds. The van der Waals surface area contributed by atoms with Gasteiger partial charge in [-0.25, -0.2) is 0 Å². The molecule has 0 saturated carbocycles. The number of aryl methyl sites for hydroxylation is 1. The van der Waals surface area contributed by atoms with E-state index < -0.39 is 0 Å². The minimum Gasteiger partial charge on any atom is -0.497 e. The Balaban J connectivity index is 1.42. The van der Waals surface area contributed by atoms with Crippen molar-refractivity contribution in [2.75, 3.05) is 13.7 Å². The standard InChI is InChI=1S/C27H25N3O3/c1-29-16-23(20-7-5-6-10-24(20)29)26-21-8-3-4-9-22(21)27(32)30(26)17-25(31)28-15-18-11-13-19(33-2)14-12-18/h3-14,16,26H,15,17H2,1-2H3,(H,28,31). The SMILES string of the molecule is COc1ccc(CNC(=O)CN2C(=O)c3ccccc3C2c2cn(C)c3ccccc23)cc1. The van der Waals surface area contributed by atoms with Crippen molar-refractivity contribution < 1.29 is 14.3 Å². The maximum atomic E-state index is 13.3. The van der Waals surface area contributed by atoms with Crippen molar-refractivity contribution in [1.82, 2.24) is 14.8 Å². The number of hydrogen-bond donors (Lipinski definition) is 1. The zero-order valence-corrected chi connectivity index (χ0v) is 18.6. The number of nitrogens with one attached hydrogen (secondary N) is 1. The zero-order valence-electron chi connectivity index (χ0n) is 18.6. The van der Waals surface area contributed by atoms with Gasteiger partial charge in [0.1, 0.15) is 12.3 Å². The van der Waals surface area contributed by atoms with Gasteiger partial charge in [0.25, 0.3) is 5.91 Å². The summed E-state index contributed by atoms with van der Waals surface area (Å²) >= 11 is 0. The zero-order chi connectivity index (χ0) is 22.9. The van der Waals surface area contributed by atoms with E-state index >= 15 is 0 Å². The molecule has 1 aliphatic rings. The molecule has 0 spiro atoms. The molecule has 33 heavy (non-hydrogen) atoms. The summed E-state index contributed by atoms with van der Waals surface area (Å²) in [7, 11) is 3.62. The van der Waals surface area contributed by atoms with Crippen LogP contribution in [0, 0.1) is 0 Å². The third kappa shape index (κ3) is 3.74. The number of carbonyl (C=O) groups excluding carboxylic acids is 2. The molecule has 166 valence electrons. The van der Waals surface area contributed by atoms with Crippen molar-refractivity contribution >= 4 is 22.7 Å². The monoisotopic (exact) mass is 439 g/mol. The van der Waals surface area contributed by atoms with Crippen molar-refractivity contribution in [2.45, 2.75) is 12.6 Å². The molecule has 0 radical (unpaired) electrons. The van der Waals surface area contributed by atoms with Gasteiger partial charge in [0.15, 0.2) is 0 Å². The number of amides is 2. The molecule has 0 bridgehead atoms. The molecule has 0 fully saturated rings. The molecule has 1 N–H and O–H groups in total. The number of hydrogen-bond acceptors (Lipinski definition) is 3. The van der Waals surface area contributed by atoms with Crippen LogP contribution >= 0.6 is 0 Å². The van der Waals surface area contributed by atoms with Gasteiger partial charge in [0.05, 0.1) is 13.2 Å². The first kappa shape index (κ1) is 20.8. The highest BCUT2D eigenvalue weighted by molar-refractivity contribution is 6.02. The predicted octanol–water partition coefficient (Wildman–Crippen LogP) is 4.05. The Labute approximate surface area is 192 Å². The Kier molecular flexibility index (Phi) is 5.34. The predicted molar refractivity (Wildman–Crippen MR) is 127 cm³/mol. The van der Waals surface area contributed by atoms with E-state index in [1.54, 1.807) is 12.0 Å². The van der Waals surface area contributed by atoms with Crippen LogP contribution in [-0.2, 0) is 18.4 Å². The highest BCUT2D eigenvalue weighted by Gasteiger charge is 2.39. The van der Waals surface area contributed by atoms with Crippen LogP contribution < -0.4 is 10.1 Å². The van der Waals surface area contributed by atoms with Gasteiger partial charge >= 0.3 is 0 Å². The van der Waals surface area contributed by atoms with E-state index in [0.717, 1.165) is 33.3 Å². The number of ether oxygens (including phenoxy) is 1. The van der Waals surface area contributed by atoms with Crippen molar-refractivity contribution in [2.24, 2.45) is 7.05 Å². The highest BCUT2D eigenvalue weighted by Crippen LogP contribution is 2.41. The summed E-state index contributed by atoms with van der Waals surface area (Å²) in [5.41, 5.74) is 4.66. The van der Waals surface area contributed by atoms with E-state index in [4.69, 9.17) is 4.74 Å². The highest BCUT2D eigenvalue weighted by atomic mass is 16.5. The summed E-state index contributed by atoms with van der Waals surface area (Å²) in [6.45, 7) is 0.369. The van der Waals surface area contributed by atoms with Gasteiger partial charge in [-0.2, -0.15) is 0 Å². The van der Waals surface area contributed by atoms with Gasteiger partial charge in [0.2, 0.25) is 5.91 Å². The maximum Gasteiger partial charge on any atom is 0.255 e. The van der Waals surface area contributed by atoms with Gasteiger partial charge in [-0.1, -0.05) is 48.5 Å². The molecule has 3 aromatic carbocycles. The molecular weight excluding hydrogens is 414 g/mol. The van der Waals surface area contributed by atoms with E-state index in [-0.39, 0.29) is 24.4 Å². The van der Waals surface area contributed by atoms with Crippen LogP contribution in [0.3, 0.4) is 0 Å². The number of methoxy groups -OCH3 is 1. The molecule has 1 atom stereocenters. The third-order valence-corrected chi connectivity index (χ3v) is 6.24. The number of fused-ring (bicyclic) bond motifs is 2. The lowest BCUT2D eigenvalue weighted by atomic mass is 9.97. The summed E-state index contributed by atoms with van der Waals surface area (Å²) in [5, 5.41) is 4.03. The normalized spacial score (nSPS) is 15.0. The number of nitrogens with zero attached hydrogens (tertiary/aromatic N) is 2. The molecule has 1 unspecified atom stereocenters. The van der Waals surface area contributed by atoms with Crippen LogP contribution in [0.5, 0.6) is 5.75 Å². The fraction of sp³-hybridized carbons (Fsp3) is 0.185. The van der Waals surface area contributed by atoms with Crippen LogP contribution in [0.1, 0.15) is 33.1 Å². The minimum atomic E-state index is -0.313. The molecule has 1 aromatic heterocycles. The Morgan fingerprint density at radius 2 is 1.70 bits per heavy atom. The first-order chi connectivity index (χ1) is 16.1. The number of benzene rings is 3. The molecule has 6 nitrogen and oxygen atoms in total. The van der Waals surface area contributed by atoms with Crippen LogP contribution in [-0.4, -0.2) is 34.9 Å². The fourth-order valence-electron chi connectivity index (χ4n) is 4.61. The summed E-state index contributed by atoms with van der Waals surface area (Å²) in [5.74, 6) is 0.448. The van der Waals surface area contributed by atoms with Gasteiger partial charge in [-0.05, 0) is 35.4 Å². The van der Waals surface area contributed by atoms with Crippen molar-refractivity contribution in [3.63, 3.8) is 0 Å². The number of aromatic nitrogens is 1. The third-order valence-electron chi connectivity index (χ3n) is 6.24. The number of para-hydroxylation sites is 1. The molecule has 2 heterocycles. The van der Waals surface area contributed by atoms with Gasteiger partial charge in [0, 0.05) is 41.8 Å². The van der Waals surface area contributed by atoms with Gasteiger partial charge in [-0.15, -0.1) is 0 Å². The minimum absolute atomic E-state index is 0.0163. The van der Waals surface area contributed by atoms with Crippen molar-refractivity contribution in [3.05, 3.63) is 101 Å². The molecular formula is C27H25N3O3. The summed E-state index contributed by atoms with van der Waals surface area (Å²) in [6.07, 6.45) is 2.06. The summed E-state index contributed by atoms with van der Waals surface area (Å²) < 4.78 is 7.25. The summed E-state index contributed by atoms with van der Waals surface area (Å²) in [6, 6.07) is 23.0. The van der Waals surface area contributed by atoms with Crippen molar-refractivity contribution in [3.8, 4) is 5.75 Å². The second-order valence-corrected chi connectivity index (χ2v) is 8.26. The Morgan fingerprint density at radius 3 is 2.48 bits per heavy atom. The van der Waals surface area contributed by atoms with E-state index in [1.807, 2.05) is 67.7 Å². The second kappa shape index (κ2) is 8.47. The van der Waals surface area contributed by atoms with Crippen LogP contribution in [0.25, 0.3) is 10.9 Å². The largest absolute Gasteiger partial charge is 0.497 e. The van der Waals surface area contributed by atoms with E-state index in [9.17, 15) is 9.59 Å².